The van der Waals surface area contributed by atoms with Crippen molar-refractivity contribution >= 4 is 0 Å². The summed E-state index contributed by atoms with van der Waals surface area (Å²) in [6, 6.07) is 16.6. The van der Waals surface area contributed by atoms with Gasteiger partial charge >= 0.3 is 0 Å². The molecule has 5 nitrogen and oxygen atoms in total. The van der Waals surface area contributed by atoms with E-state index in [2.05, 4.69) is 57.8 Å². The second-order valence-corrected chi connectivity index (χ2v) is 5.51. The van der Waals surface area contributed by atoms with Crippen molar-refractivity contribution in [2.45, 2.75) is 31.7 Å². The van der Waals surface area contributed by atoms with Crippen LogP contribution in [0.5, 0.6) is 0 Å². The smallest absolute Gasteiger partial charge is 0.138 e. The summed E-state index contributed by atoms with van der Waals surface area (Å²) in [5.41, 5.74) is 2.30. The maximum absolute atomic E-state index is 4.51. The second kappa shape index (κ2) is 6.47. The van der Waals surface area contributed by atoms with Crippen molar-refractivity contribution in [1.82, 2.24) is 25.2 Å². The minimum atomic E-state index is -0.0784. The van der Waals surface area contributed by atoms with E-state index in [1.165, 1.54) is 5.56 Å². The van der Waals surface area contributed by atoms with Gasteiger partial charge < -0.3 is 0 Å². The van der Waals surface area contributed by atoms with Crippen LogP contribution in [-0.4, -0.2) is 25.2 Å². The molecule has 0 saturated heterocycles. The highest BCUT2D eigenvalue weighted by atomic mass is 15.5. The van der Waals surface area contributed by atoms with E-state index < -0.39 is 0 Å². The summed E-state index contributed by atoms with van der Waals surface area (Å²) in [6.45, 7) is 2.94. The number of rotatable bonds is 6. The Kier molecular flexibility index (Phi) is 4.23. The van der Waals surface area contributed by atoms with Crippen LogP contribution in [0.25, 0.3) is 0 Å². The monoisotopic (exact) mass is 293 g/mol. The SMILES string of the molecule is CCC(Cc1ccccn1)(Cn1cnnn1)c1ccccc1. The number of pyridine rings is 1. The van der Waals surface area contributed by atoms with Crippen molar-refractivity contribution in [1.29, 1.82) is 0 Å². The van der Waals surface area contributed by atoms with Crippen LogP contribution < -0.4 is 0 Å². The molecule has 0 saturated carbocycles. The highest BCUT2D eigenvalue weighted by Crippen LogP contribution is 2.33. The summed E-state index contributed by atoms with van der Waals surface area (Å²) < 4.78 is 1.80. The first kappa shape index (κ1) is 14.4. The molecule has 0 N–H and O–H groups in total. The lowest BCUT2D eigenvalue weighted by Crippen LogP contribution is -2.34. The topological polar surface area (TPSA) is 56.5 Å². The quantitative estimate of drug-likeness (QED) is 0.701. The molecule has 0 aliphatic rings. The van der Waals surface area contributed by atoms with Crippen LogP contribution in [0, 0.1) is 0 Å². The molecule has 0 amide bonds. The third-order valence-corrected chi connectivity index (χ3v) is 4.16. The molecule has 1 aromatic carbocycles. The van der Waals surface area contributed by atoms with Gasteiger partial charge in [0.2, 0.25) is 0 Å². The zero-order valence-electron chi connectivity index (χ0n) is 12.6. The highest BCUT2D eigenvalue weighted by Gasteiger charge is 2.32. The maximum atomic E-state index is 4.51. The van der Waals surface area contributed by atoms with Gasteiger partial charge in [-0.15, -0.1) is 5.10 Å². The van der Waals surface area contributed by atoms with Crippen molar-refractivity contribution in [3.63, 3.8) is 0 Å². The van der Waals surface area contributed by atoms with Gasteiger partial charge in [0.05, 0.1) is 6.54 Å². The van der Waals surface area contributed by atoms with Crippen molar-refractivity contribution in [2.75, 3.05) is 0 Å². The predicted octanol–water partition coefficient (Wildman–Crippen LogP) is 2.66. The summed E-state index contributed by atoms with van der Waals surface area (Å²) >= 11 is 0. The van der Waals surface area contributed by atoms with Gasteiger partial charge in [0.1, 0.15) is 6.33 Å². The van der Waals surface area contributed by atoms with Crippen molar-refractivity contribution in [2.24, 2.45) is 0 Å². The van der Waals surface area contributed by atoms with Crippen molar-refractivity contribution < 1.29 is 0 Å². The molecule has 3 aromatic rings. The standard InChI is InChI=1S/C17H19N5/c1-2-17(13-22-14-19-20-21-22,15-8-4-3-5-9-15)12-16-10-6-7-11-18-16/h3-11,14H,2,12-13H2,1H3. The molecule has 2 heterocycles. The van der Waals surface area contributed by atoms with Gasteiger partial charge in [-0.1, -0.05) is 43.3 Å². The predicted molar refractivity (Wildman–Crippen MR) is 84.2 cm³/mol. The van der Waals surface area contributed by atoms with Crippen LogP contribution in [0.1, 0.15) is 24.6 Å². The minimum absolute atomic E-state index is 0.0784. The molecule has 1 atom stereocenters. The largest absolute Gasteiger partial charge is 0.261 e. The first-order chi connectivity index (χ1) is 10.8. The molecule has 0 spiro atoms. The molecule has 2 aromatic heterocycles. The fourth-order valence-corrected chi connectivity index (χ4v) is 2.89. The van der Waals surface area contributed by atoms with Gasteiger partial charge in [0, 0.05) is 23.7 Å². The van der Waals surface area contributed by atoms with Crippen LogP contribution in [0.4, 0.5) is 0 Å². The second-order valence-electron chi connectivity index (χ2n) is 5.51. The molecule has 5 heteroatoms. The summed E-state index contributed by atoms with van der Waals surface area (Å²) in [6.07, 6.45) is 5.35. The normalized spacial score (nSPS) is 13.7. The summed E-state index contributed by atoms with van der Waals surface area (Å²) in [5.74, 6) is 0. The molecule has 0 aliphatic carbocycles. The number of hydrogen-bond donors (Lipinski definition) is 0. The van der Waals surface area contributed by atoms with E-state index in [0.29, 0.717) is 0 Å². The van der Waals surface area contributed by atoms with E-state index in [4.69, 9.17) is 0 Å². The molecule has 3 rings (SSSR count). The molecule has 1 unspecified atom stereocenters. The minimum Gasteiger partial charge on any atom is -0.261 e. The van der Waals surface area contributed by atoms with Crippen molar-refractivity contribution in [3.8, 4) is 0 Å². The molecule has 22 heavy (non-hydrogen) atoms. The van der Waals surface area contributed by atoms with E-state index >= 15 is 0 Å². The zero-order chi connectivity index (χ0) is 15.3. The maximum Gasteiger partial charge on any atom is 0.138 e. The molecule has 0 radical (unpaired) electrons. The number of tetrazole rings is 1. The Morgan fingerprint density at radius 2 is 1.86 bits per heavy atom. The fraction of sp³-hybridized carbons (Fsp3) is 0.294. The molecule has 0 fully saturated rings. The molecule has 112 valence electrons. The summed E-state index contributed by atoms with van der Waals surface area (Å²) in [4.78, 5) is 4.51. The van der Waals surface area contributed by atoms with Gasteiger partial charge in [0.25, 0.3) is 0 Å². The van der Waals surface area contributed by atoms with Crippen LogP contribution >= 0.6 is 0 Å². The van der Waals surface area contributed by atoms with Crippen LogP contribution in [0.3, 0.4) is 0 Å². The molecule has 0 bridgehead atoms. The fourth-order valence-electron chi connectivity index (χ4n) is 2.89. The third kappa shape index (κ3) is 3.03. The van der Waals surface area contributed by atoms with Crippen molar-refractivity contribution in [3.05, 3.63) is 72.3 Å². The average molecular weight is 293 g/mol. The first-order valence-corrected chi connectivity index (χ1v) is 7.49. The Bertz CT molecular complexity index is 682. The lowest BCUT2D eigenvalue weighted by atomic mass is 9.74. The molecule has 0 aliphatic heterocycles. The van der Waals surface area contributed by atoms with Crippen LogP contribution in [0.15, 0.2) is 61.1 Å². The summed E-state index contributed by atoms with van der Waals surface area (Å²) in [7, 11) is 0. The van der Waals surface area contributed by atoms with Gasteiger partial charge in [0.15, 0.2) is 0 Å². The number of aromatic nitrogens is 5. The van der Waals surface area contributed by atoms with Gasteiger partial charge in [-0.2, -0.15) is 0 Å². The van der Waals surface area contributed by atoms with E-state index in [0.717, 1.165) is 25.1 Å². The van der Waals surface area contributed by atoms with Crippen LogP contribution in [-0.2, 0) is 18.4 Å². The van der Waals surface area contributed by atoms with Gasteiger partial charge in [-0.05, 0) is 34.5 Å². The van der Waals surface area contributed by atoms with E-state index in [-0.39, 0.29) is 5.41 Å². The van der Waals surface area contributed by atoms with Crippen LogP contribution in [0.2, 0.25) is 0 Å². The Labute approximate surface area is 130 Å². The van der Waals surface area contributed by atoms with E-state index in [1.807, 2.05) is 24.4 Å². The number of benzene rings is 1. The van der Waals surface area contributed by atoms with E-state index in [1.54, 1.807) is 11.0 Å². The molecular formula is C17H19N5. The highest BCUT2D eigenvalue weighted by molar-refractivity contribution is 5.27. The van der Waals surface area contributed by atoms with Gasteiger partial charge in [-0.25, -0.2) is 4.68 Å². The Morgan fingerprint density at radius 3 is 2.50 bits per heavy atom. The Balaban J connectivity index is 1.99. The lowest BCUT2D eigenvalue weighted by Gasteiger charge is -2.33. The Hall–Kier alpha value is -2.56. The average Bonchev–Trinajstić information content (AvgIpc) is 3.09. The number of hydrogen-bond acceptors (Lipinski definition) is 4. The summed E-state index contributed by atoms with van der Waals surface area (Å²) in [5, 5.41) is 11.6. The van der Waals surface area contributed by atoms with Gasteiger partial charge in [-0.3, -0.25) is 4.98 Å². The third-order valence-electron chi connectivity index (χ3n) is 4.16. The zero-order valence-corrected chi connectivity index (χ0v) is 12.6. The first-order valence-electron chi connectivity index (χ1n) is 7.49. The molecular weight excluding hydrogens is 274 g/mol. The van der Waals surface area contributed by atoms with E-state index in [9.17, 15) is 0 Å². The number of nitrogens with zero attached hydrogens (tertiary/aromatic N) is 5. The lowest BCUT2D eigenvalue weighted by molar-refractivity contribution is 0.323. The Morgan fingerprint density at radius 1 is 1.05 bits per heavy atom.